The molecule has 4 rings (SSSR count). The smallest absolute Gasteiger partial charge is 0.365 e. The van der Waals surface area contributed by atoms with E-state index in [9.17, 15) is 0 Å². The zero-order valence-corrected chi connectivity index (χ0v) is 15.1. The molecular formula is C18H21N2O2PS. The van der Waals surface area contributed by atoms with Gasteiger partial charge in [-0.15, -0.1) is 0 Å². The molecule has 2 aliphatic rings. The molecule has 3 N–H and O–H groups in total. The maximum absolute atomic E-state index is 6.28. The molecule has 0 aromatic heterocycles. The quantitative estimate of drug-likeness (QED) is 0.786. The van der Waals surface area contributed by atoms with Crippen LogP contribution in [0.4, 0.5) is 0 Å². The molecule has 24 heavy (non-hydrogen) atoms. The predicted molar refractivity (Wildman–Crippen MR) is 101 cm³/mol. The van der Waals surface area contributed by atoms with E-state index in [1.54, 1.807) is 0 Å². The van der Waals surface area contributed by atoms with Crippen LogP contribution < -0.4 is 19.9 Å². The fraction of sp³-hybridized carbons (Fsp3) is 0.333. The zero-order chi connectivity index (χ0) is 16.6. The highest BCUT2D eigenvalue weighted by Gasteiger charge is 2.34. The summed E-state index contributed by atoms with van der Waals surface area (Å²) in [5.74, 6) is 1.53. The minimum atomic E-state index is -2.72. The predicted octanol–water partition coefficient (Wildman–Crippen LogP) is 4.21. The van der Waals surface area contributed by atoms with Gasteiger partial charge in [-0.25, -0.2) is 5.09 Å². The number of hydrogen-bond donors (Lipinski definition) is 2. The summed E-state index contributed by atoms with van der Waals surface area (Å²) in [5.41, 5.74) is 8.30. The topological polar surface area (TPSA) is 56.5 Å². The summed E-state index contributed by atoms with van der Waals surface area (Å²) in [6.07, 6.45) is 4.36. The Morgan fingerprint density at radius 1 is 0.917 bits per heavy atom. The second-order valence-electron chi connectivity index (χ2n) is 6.36. The van der Waals surface area contributed by atoms with E-state index in [-0.39, 0.29) is 12.1 Å². The summed E-state index contributed by atoms with van der Waals surface area (Å²) < 4.78 is 12.4. The molecule has 0 saturated heterocycles. The van der Waals surface area contributed by atoms with Gasteiger partial charge in [-0.2, -0.15) is 0 Å². The van der Waals surface area contributed by atoms with Crippen molar-refractivity contribution in [2.75, 3.05) is 0 Å². The van der Waals surface area contributed by atoms with Gasteiger partial charge in [-0.3, -0.25) is 0 Å². The highest BCUT2D eigenvalue weighted by atomic mass is 32.5. The first-order valence-corrected chi connectivity index (χ1v) is 11.0. The molecule has 1 aliphatic heterocycles. The minimum Gasteiger partial charge on any atom is -0.424 e. The average Bonchev–Trinajstić information content (AvgIpc) is 2.70. The number of benzene rings is 2. The van der Waals surface area contributed by atoms with E-state index in [0.717, 1.165) is 41.9 Å². The van der Waals surface area contributed by atoms with Crippen LogP contribution in [0.1, 0.15) is 25.7 Å². The summed E-state index contributed by atoms with van der Waals surface area (Å²) in [7, 11) is 0. The number of para-hydroxylation sites is 2. The molecule has 6 heteroatoms. The monoisotopic (exact) mass is 360 g/mol. The Hall–Kier alpha value is -1.39. The molecule has 2 atom stereocenters. The summed E-state index contributed by atoms with van der Waals surface area (Å²) >= 11 is 5.83. The van der Waals surface area contributed by atoms with Crippen molar-refractivity contribution in [3.05, 3.63) is 48.5 Å². The third kappa shape index (κ3) is 3.09. The van der Waals surface area contributed by atoms with Crippen LogP contribution in [-0.2, 0) is 11.8 Å². The van der Waals surface area contributed by atoms with Crippen molar-refractivity contribution in [3.8, 4) is 22.6 Å². The molecule has 0 spiro atoms. The second-order valence-corrected chi connectivity index (χ2v) is 9.42. The Labute approximate surface area is 147 Å². The van der Waals surface area contributed by atoms with Gasteiger partial charge in [0.2, 0.25) is 0 Å². The average molecular weight is 360 g/mol. The highest BCUT2D eigenvalue weighted by Crippen LogP contribution is 2.54. The van der Waals surface area contributed by atoms with E-state index in [0.29, 0.717) is 0 Å². The number of nitrogens with one attached hydrogen (secondary N) is 1. The van der Waals surface area contributed by atoms with Gasteiger partial charge in [-0.05, 0) is 25.0 Å². The maximum Gasteiger partial charge on any atom is 0.365 e. The molecule has 0 unspecified atom stereocenters. The Morgan fingerprint density at radius 2 is 1.46 bits per heavy atom. The maximum atomic E-state index is 6.28. The number of rotatable bonds is 2. The molecule has 0 radical (unpaired) electrons. The van der Waals surface area contributed by atoms with Gasteiger partial charge in [0.1, 0.15) is 11.5 Å². The van der Waals surface area contributed by atoms with Crippen LogP contribution in [0, 0.1) is 0 Å². The van der Waals surface area contributed by atoms with Crippen molar-refractivity contribution < 1.29 is 9.05 Å². The first-order valence-electron chi connectivity index (χ1n) is 8.36. The number of fused-ring (bicyclic) bond motifs is 3. The van der Waals surface area contributed by atoms with Gasteiger partial charge in [0, 0.05) is 35.0 Å². The number of nitrogens with two attached hydrogens (primary N) is 1. The van der Waals surface area contributed by atoms with Crippen molar-refractivity contribution in [2.24, 2.45) is 5.73 Å². The molecule has 126 valence electrons. The Bertz CT molecular complexity index is 747. The normalized spacial score (nSPS) is 24.7. The third-order valence-corrected chi connectivity index (χ3v) is 6.93. The first-order chi connectivity index (χ1) is 11.6. The zero-order valence-electron chi connectivity index (χ0n) is 13.4. The summed E-state index contributed by atoms with van der Waals surface area (Å²) in [4.78, 5) is 0. The minimum absolute atomic E-state index is 0.0968. The van der Waals surface area contributed by atoms with Crippen LogP contribution in [0.3, 0.4) is 0 Å². The lowest BCUT2D eigenvalue weighted by atomic mass is 9.92. The van der Waals surface area contributed by atoms with E-state index in [2.05, 4.69) is 5.09 Å². The fourth-order valence-electron chi connectivity index (χ4n) is 3.39. The third-order valence-electron chi connectivity index (χ3n) is 4.64. The first kappa shape index (κ1) is 16.1. The largest absolute Gasteiger partial charge is 0.424 e. The van der Waals surface area contributed by atoms with E-state index in [4.69, 9.17) is 26.6 Å². The van der Waals surface area contributed by atoms with Crippen LogP contribution in [0.25, 0.3) is 11.1 Å². The molecule has 1 fully saturated rings. The van der Waals surface area contributed by atoms with Gasteiger partial charge in [-0.1, -0.05) is 49.2 Å². The molecule has 2 aromatic carbocycles. The lowest BCUT2D eigenvalue weighted by molar-refractivity contribution is 0.348. The molecule has 4 nitrogen and oxygen atoms in total. The van der Waals surface area contributed by atoms with Gasteiger partial charge in [0.25, 0.3) is 0 Å². The molecule has 0 bridgehead atoms. The van der Waals surface area contributed by atoms with Gasteiger partial charge >= 0.3 is 6.64 Å². The van der Waals surface area contributed by atoms with Gasteiger partial charge in [0.15, 0.2) is 0 Å². The van der Waals surface area contributed by atoms with E-state index >= 15 is 0 Å². The fourth-order valence-corrected chi connectivity index (χ4v) is 5.98. The van der Waals surface area contributed by atoms with Crippen molar-refractivity contribution in [1.29, 1.82) is 0 Å². The van der Waals surface area contributed by atoms with E-state index in [1.807, 2.05) is 48.5 Å². The lowest BCUT2D eigenvalue weighted by Gasteiger charge is -2.33. The molecule has 1 heterocycles. The Balaban J connectivity index is 1.72. The summed E-state index contributed by atoms with van der Waals surface area (Å²) in [6.45, 7) is -2.72. The summed E-state index contributed by atoms with van der Waals surface area (Å²) in [5, 5.41) is 3.46. The van der Waals surface area contributed by atoms with E-state index in [1.165, 1.54) is 6.42 Å². The molecule has 1 saturated carbocycles. The SMILES string of the molecule is N[C@@H]1CCCC[C@H]1NP1(=S)Oc2ccccc2-c2ccccc2O1. The molecule has 0 amide bonds. The Morgan fingerprint density at radius 3 is 2.04 bits per heavy atom. The number of hydrogen-bond acceptors (Lipinski definition) is 4. The highest BCUT2D eigenvalue weighted by molar-refractivity contribution is 8.09. The van der Waals surface area contributed by atoms with E-state index < -0.39 is 6.64 Å². The van der Waals surface area contributed by atoms with Crippen molar-refractivity contribution in [3.63, 3.8) is 0 Å². The second kappa shape index (κ2) is 6.49. The van der Waals surface area contributed by atoms with Crippen LogP contribution >= 0.6 is 6.64 Å². The van der Waals surface area contributed by atoms with Crippen LogP contribution in [-0.4, -0.2) is 12.1 Å². The summed E-state index contributed by atoms with van der Waals surface area (Å²) in [6, 6.07) is 16.1. The standard InChI is InChI=1S/C18H21N2O2PS/c19-15-9-3-4-10-16(15)20-23(24)21-17-11-5-1-7-13(17)14-8-2-6-12-18(14)22-23/h1-2,5-8,11-12,15-16H,3-4,9-10,19H2,(H,20,24)/t15-,16-/m1/s1. The van der Waals surface area contributed by atoms with Crippen molar-refractivity contribution in [1.82, 2.24) is 5.09 Å². The Kier molecular flexibility index (Phi) is 4.35. The van der Waals surface area contributed by atoms with Crippen LogP contribution in [0.5, 0.6) is 11.5 Å². The van der Waals surface area contributed by atoms with Crippen LogP contribution in [0.2, 0.25) is 0 Å². The van der Waals surface area contributed by atoms with Crippen molar-refractivity contribution >= 4 is 18.4 Å². The molecule has 1 aliphatic carbocycles. The van der Waals surface area contributed by atoms with Gasteiger partial charge < -0.3 is 14.8 Å². The lowest BCUT2D eigenvalue weighted by Crippen LogP contribution is -2.46. The van der Waals surface area contributed by atoms with Crippen molar-refractivity contribution in [2.45, 2.75) is 37.8 Å². The molecule has 2 aromatic rings. The molecular weight excluding hydrogens is 339 g/mol. The van der Waals surface area contributed by atoms with Crippen LogP contribution in [0.15, 0.2) is 48.5 Å². The van der Waals surface area contributed by atoms with Gasteiger partial charge in [0.05, 0.1) is 0 Å².